The largest absolute Gasteiger partial charge is 0.485 e. The maximum absolute atomic E-state index is 13.8. The molecule has 9 heteroatoms. The number of aliphatic hydroxyl groups is 1. The fraction of sp³-hybridized carbons (Fsp3) is 0.273. The van der Waals surface area contributed by atoms with Crippen LogP contribution in [-0.4, -0.2) is 30.2 Å². The highest BCUT2D eigenvalue weighted by Crippen LogP contribution is 2.48. The summed E-state index contributed by atoms with van der Waals surface area (Å²) in [5, 5.41) is 18.0. The first kappa shape index (κ1) is 21.4. The Hall–Kier alpha value is -2.86. The predicted molar refractivity (Wildman–Crippen MR) is 115 cm³/mol. The molecule has 7 nitrogen and oxygen atoms in total. The predicted octanol–water partition coefficient (Wildman–Crippen LogP) is 4.27. The number of halogens is 1. The van der Waals surface area contributed by atoms with Gasteiger partial charge in [0, 0.05) is 10.6 Å². The van der Waals surface area contributed by atoms with Crippen molar-refractivity contribution in [3.8, 4) is 11.8 Å². The van der Waals surface area contributed by atoms with E-state index in [0.29, 0.717) is 16.1 Å². The number of hydrogen-bond acceptors (Lipinski definition) is 7. The number of ether oxygens (including phenoxy) is 1. The molecule has 31 heavy (non-hydrogen) atoms. The second-order valence-corrected chi connectivity index (χ2v) is 10.5. The number of rotatable bonds is 4. The van der Waals surface area contributed by atoms with Gasteiger partial charge in [-0.25, -0.2) is 13.4 Å². The molecule has 1 aromatic heterocycles. The fourth-order valence-electron chi connectivity index (χ4n) is 3.74. The molecular weight excluding hydrogens is 440 g/mol. The van der Waals surface area contributed by atoms with Crippen molar-refractivity contribution < 1.29 is 22.7 Å². The van der Waals surface area contributed by atoms with Crippen LogP contribution < -0.4 is 4.74 Å². The van der Waals surface area contributed by atoms with Crippen LogP contribution in [0.1, 0.15) is 41.4 Å². The monoisotopic (exact) mass is 458 g/mol. The first-order valence-electron chi connectivity index (χ1n) is 9.41. The zero-order valence-electron chi connectivity index (χ0n) is 16.7. The van der Waals surface area contributed by atoms with E-state index in [-0.39, 0.29) is 22.8 Å². The molecule has 0 radical (unpaired) electrons. The summed E-state index contributed by atoms with van der Waals surface area (Å²) in [6.45, 7) is 6.87. The summed E-state index contributed by atoms with van der Waals surface area (Å²) >= 11 is 5.99. The Balaban J connectivity index is 1.89. The maximum atomic E-state index is 13.8. The van der Waals surface area contributed by atoms with Crippen LogP contribution in [0.15, 0.2) is 53.5 Å². The third-order valence-corrected chi connectivity index (χ3v) is 7.91. The Labute approximate surface area is 184 Å². The van der Waals surface area contributed by atoms with E-state index in [0.717, 1.165) is 0 Å². The Morgan fingerprint density at radius 2 is 2.06 bits per heavy atom. The van der Waals surface area contributed by atoms with Crippen LogP contribution in [-0.2, 0) is 9.84 Å². The molecule has 0 fully saturated rings. The van der Waals surface area contributed by atoms with Crippen molar-refractivity contribution in [2.24, 2.45) is 0 Å². The topological polar surface area (TPSA) is 113 Å². The highest BCUT2D eigenvalue weighted by molar-refractivity contribution is 7.92. The quantitative estimate of drug-likeness (QED) is 0.580. The molecule has 1 aliphatic heterocycles. The second kappa shape index (κ2) is 7.38. The number of benzene rings is 2. The maximum Gasteiger partial charge on any atom is 0.217 e. The van der Waals surface area contributed by atoms with Gasteiger partial charge in [0.05, 0.1) is 11.6 Å². The van der Waals surface area contributed by atoms with Gasteiger partial charge in [-0.15, -0.1) is 6.58 Å². The van der Waals surface area contributed by atoms with Crippen LogP contribution in [0.3, 0.4) is 0 Å². The zero-order chi connectivity index (χ0) is 22.6. The summed E-state index contributed by atoms with van der Waals surface area (Å²) in [4.78, 5) is 4.29. The molecule has 0 saturated heterocycles. The fourth-order valence-corrected chi connectivity index (χ4v) is 6.10. The van der Waals surface area contributed by atoms with Crippen molar-refractivity contribution in [3.63, 3.8) is 0 Å². The number of aliphatic hydroxyl groups excluding tert-OH is 1. The number of sulfone groups is 1. The van der Waals surface area contributed by atoms with Gasteiger partial charge in [-0.05, 0) is 50.2 Å². The van der Waals surface area contributed by atoms with Crippen molar-refractivity contribution in [2.75, 3.05) is 0 Å². The molecule has 4 rings (SSSR count). The van der Waals surface area contributed by atoms with Crippen LogP contribution >= 0.6 is 11.6 Å². The minimum Gasteiger partial charge on any atom is -0.485 e. The van der Waals surface area contributed by atoms with E-state index in [1.807, 2.05) is 6.07 Å². The molecular formula is C22H19ClN2O5S. The lowest BCUT2D eigenvalue weighted by atomic mass is 9.90. The van der Waals surface area contributed by atoms with E-state index in [2.05, 4.69) is 11.6 Å². The summed E-state index contributed by atoms with van der Waals surface area (Å²) < 4.78 is 39.2. The van der Waals surface area contributed by atoms with E-state index in [1.54, 1.807) is 32.0 Å². The molecule has 0 amide bonds. The van der Waals surface area contributed by atoms with E-state index in [1.165, 1.54) is 24.3 Å². The molecule has 0 bridgehead atoms. The number of aromatic nitrogens is 1. The molecule has 3 aromatic rings. The molecule has 1 aliphatic rings. The molecule has 1 N–H and O–H groups in total. The average Bonchev–Trinajstić information content (AvgIpc) is 3.10. The van der Waals surface area contributed by atoms with Gasteiger partial charge in [-0.3, -0.25) is 0 Å². The minimum absolute atomic E-state index is 0.0817. The number of nitrogens with zero attached hydrogens (tertiary/aromatic N) is 2. The van der Waals surface area contributed by atoms with Gasteiger partial charge in [-0.2, -0.15) is 5.26 Å². The van der Waals surface area contributed by atoms with Gasteiger partial charge in [0.15, 0.2) is 20.7 Å². The molecule has 3 atom stereocenters. The number of hydrogen-bond donors (Lipinski definition) is 1. The number of nitriles is 1. The van der Waals surface area contributed by atoms with Gasteiger partial charge >= 0.3 is 0 Å². The molecule has 0 aliphatic carbocycles. The van der Waals surface area contributed by atoms with Crippen LogP contribution in [0.2, 0.25) is 5.02 Å². The van der Waals surface area contributed by atoms with Gasteiger partial charge in [-0.1, -0.05) is 17.7 Å². The van der Waals surface area contributed by atoms with E-state index in [4.69, 9.17) is 20.8 Å². The smallest absolute Gasteiger partial charge is 0.217 e. The summed E-state index contributed by atoms with van der Waals surface area (Å²) in [7, 11) is -4.19. The lowest BCUT2D eigenvalue weighted by Crippen LogP contribution is -2.51. The Bertz CT molecular complexity index is 1340. The van der Waals surface area contributed by atoms with Gasteiger partial charge in [0.2, 0.25) is 5.89 Å². The van der Waals surface area contributed by atoms with E-state index >= 15 is 0 Å². The van der Waals surface area contributed by atoms with Crippen molar-refractivity contribution in [2.45, 2.75) is 36.1 Å². The van der Waals surface area contributed by atoms with Gasteiger partial charge < -0.3 is 14.3 Å². The van der Waals surface area contributed by atoms with Crippen LogP contribution in [0.4, 0.5) is 0 Å². The number of fused-ring (bicyclic) bond motifs is 2. The molecule has 2 aromatic carbocycles. The Morgan fingerprint density at radius 3 is 2.74 bits per heavy atom. The second-order valence-electron chi connectivity index (χ2n) is 7.84. The van der Waals surface area contributed by atoms with Gasteiger partial charge in [0.1, 0.15) is 28.2 Å². The molecule has 0 saturated carbocycles. The third-order valence-electron chi connectivity index (χ3n) is 5.35. The molecule has 3 unspecified atom stereocenters. The first-order chi connectivity index (χ1) is 14.6. The Morgan fingerprint density at radius 1 is 1.32 bits per heavy atom. The normalized spacial score (nSPS) is 21.0. The van der Waals surface area contributed by atoms with E-state index < -0.39 is 32.0 Å². The van der Waals surface area contributed by atoms with Crippen LogP contribution in [0.25, 0.3) is 11.1 Å². The van der Waals surface area contributed by atoms with Gasteiger partial charge in [0.25, 0.3) is 0 Å². The SMILES string of the molecule is C=CC(c1nc2cc(Cl)ccc2o1)S(=O)(=O)C1c2cc(C#N)ccc2OC(C)(C)C1O. The third kappa shape index (κ3) is 3.49. The van der Waals surface area contributed by atoms with Crippen molar-refractivity contribution in [3.05, 3.63) is 71.1 Å². The summed E-state index contributed by atoms with van der Waals surface area (Å²) in [5.41, 5.74) is 0.0449. The van der Waals surface area contributed by atoms with Crippen molar-refractivity contribution >= 4 is 32.5 Å². The average molecular weight is 459 g/mol. The van der Waals surface area contributed by atoms with Crippen molar-refractivity contribution in [1.82, 2.24) is 4.98 Å². The summed E-state index contributed by atoms with van der Waals surface area (Å²) in [5.74, 6) is 0.205. The van der Waals surface area contributed by atoms with Crippen LogP contribution in [0, 0.1) is 11.3 Å². The highest BCUT2D eigenvalue weighted by atomic mass is 35.5. The Kier molecular flexibility index (Phi) is 5.09. The number of oxazole rings is 1. The standard InChI is InChI=1S/C22H19ClN2O5S/c1-4-18(21-25-15-10-13(23)6-8-17(15)29-21)31(27,28)19-14-9-12(11-24)5-7-16(14)30-22(2,3)20(19)26/h4-10,18-20,26H,1H2,2-3H3. The first-order valence-corrected chi connectivity index (χ1v) is 11.4. The molecule has 0 spiro atoms. The van der Waals surface area contributed by atoms with E-state index in [9.17, 15) is 18.8 Å². The lowest BCUT2D eigenvalue weighted by Gasteiger charge is -2.42. The van der Waals surface area contributed by atoms with Crippen LogP contribution in [0.5, 0.6) is 5.75 Å². The lowest BCUT2D eigenvalue weighted by molar-refractivity contribution is -0.0445. The minimum atomic E-state index is -4.19. The summed E-state index contributed by atoms with van der Waals surface area (Å²) in [6, 6.07) is 11.3. The highest BCUT2D eigenvalue weighted by Gasteiger charge is 2.51. The molecule has 160 valence electrons. The summed E-state index contributed by atoms with van der Waals surface area (Å²) in [6.07, 6.45) is -0.204. The zero-order valence-corrected chi connectivity index (χ0v) is 18.3. The molecule has 2 heterocycles. The van der Waals surface area contributed by atoms with Crippen molar-refractivity contribution in [1.29, 1.82) is 5.26 Å².